The van der Waals surface area contributed by atoms with Gasteiger partial charge in [0, 0.05) is 24.2 Å². The Balaban J connectivity index is 1.36. The lowest BCUT2D eigenvalue weighted by atomic mass is 9.83. The van der Waals surface area contributed by atoms with Gasteiger partial charge in [0.2, 0.25) is 5.91 Å². The number of carbonyl (C=O) groups is 1. The van der Waals surface area contributed by atoms with Gasteiger partial charge in [-0.1, -0.05) is 51.6 Å². The average molecular weight is 580 g/mol. The number of alkyl halides is 3. The highest BCUT2D eigenvalue weighted by Gasteiger charge is 2.62. The van der Waals surface area contributed by atoms with E-state index in [2.05, 4.69) is 5.16 Å². The number of fused-ring (bicyclic) bond motifs is 2. The van der Waals surface area contributed by atoms with Gasteiger partial charge in [0.05, 0.1) is 35.5 Å². The van der Waals surface area contributed by atoms with Crippen LogP contribution in [-0.2, 0) is 43.3 Å². The Morgan fingerprint density at radius 2 is 1.86 bits per heavy atom. The van der Waals surface area contributed by atoms with Crippen LogP contribution >= 0.6 is 23.2 Å². The predicted octanol–water partition coefficient (Wildman–Crippen LogP) is 4.55. The van der Waals surface area contributed by atoms with Crippen LogP contribution in [0.5, 0.6) is 0 Å². The Kier molecular flexibility index (Phi) is 6.55. The minimum atomic E-state index is -4.92. The molecule has 7 nitrogen and oxygen atoms in total. The summed E-state index contributed by atoms with van der Waals surface area (Å²) in [6, 6.07) is 6.63. The summed E-state index contributed by atoms with van der Waals surface area (Å²) < 4.78 is 84.0. The standard InChI is InChI=1S/C23H18Cl2F4N2O5S/c24-16-6-14(7-17(25)20(16)26)22(23(27,28)29)8-18(30-36-22)12-1-2-15-13(5-12)9-35-21(15)10-31(11-21)19(32)3-4-37(33)34/h1-2,5-7H,3-4,8-11H2,(H,33,34)/p-1/t22-/m1/s1. The minimum Gasteiger partial charge on any atom is -0.772 e. The first-order valence-corrected chi connectivity index (χ1v) is 12.9. The van der Waals surface area contributed by atoms with Gasteiger partial charge in [0.15, 0.2) is 5.82 Å². The van der Waals surface area contributed by atoms with Crippen molar-refractivity contribution in [2.75, 3.05) is 18.8 Å². The molecule has 0 aliphatic carbocycles. The zero-order valence-electron chi connectivity index (χ0n) is 18.7. The molecular weight excluding hydrogens is 563 g/mol. The third-order valence-electron chi connectivity index (χ3n) is 6.80. The summed E-state index contributed by atoms with van der Waals surface area (Å²) in [5.74, 6) is -1.60. The number of nitrogens with zero attached hydrogens (tertiary/aromatic N) is 2. The lowest BCUT2D eigenvalue weighted by Gasteiger charge is -2.47. The number of ether oxygens (including phenoxy) is 1. The number of rotatable bonds is 5. The lowest BCUT2D eigenvalue weighted by Crippen LogP contribution is -2.61. The maximum absolute atomic E-state index is 14.3. The number of carbonyl (C=O) groups excluding carboxylic acids is 1. The van der Waals surface area contributed by atoms with Crippen molar-refractivity contribution in [3.8, 4) is 0 Å². The van der Waals surface area contributed by atoms with E-state index >= 15 is 0 Å². The quantitative estimate of drug-likeness (QED) is 0.294. The van der Waals surface area contributed by atoms with Gasteiger partial charge in [0.1, 0.15) is 5.60 Å². The molecule has 1 unspecified atom stereocenters. The highest BCUT2D eigenvalue weighted by molar-refractivity contribution is 7.79. The van der Waals surface area contributed by atoms with Crippen LogP contribution in [0.25, 0.3) is 0 Å². The summed E-state index contributed by atoms with van der Waals surface area (Å²) in [7, 11) is 0. The van der Waals surface area contributed by atoms with Crippen LogP contribution in [0.15, 0.2) is 35.5 Å². The smallest absolute Gasteiger partial charge is 0.435 e. The van der Waals surface area contributed by atoms with Gasteiger partial charge in [0.25, 0.3) is 5.60 Å². The Morgan fingerprint density at radius 3 is 2.49 bits per heavy atom. The molecule has 1 spiro atoms. The third kappa shape index (κ3) is 4.42. The molecule has 3 heterocycles. The second kappa shape index (κ2) is 9.19. The van der Waals surface area contributed by atoms with E-state index in [1.165, 1.54) is 4.90 Å². The summed E-state index contributed by atoms with van der Waals surface area (Å²) in [6.45, 7) is 0.672. The summed E-state index contributed by atoms with van der Waals surface area (Å²) >= 11 is 9.19. The first-order valence-electron chi connectivity index (χ1n) is 10.9. The maximum Gasteiger partial charge on any atom is 0.435 e. The molecule has 198 valence electrons. The zero-order chi connectivity index (χ0) is 26.8. The van der Waals surface area contributed by atoms with Crippen LogP contribution in [0.4, 0.5) is 17.6 Å². The number of hydrogen-bond acceptors (Lipinski definition) is 6. The van der Waals surface area contributed by atoms with Crippen molar-refractivity contribution in [2.45, 2.75) is 36.8 Å². The molecule has 3 aliphatic heterocycles. The largest absolute Gasteiger partial charge is 0.772 e. The first kappa shape index (κ1) is 26.4. The number of likely N-dealkylation sites (tertiary alicyclic amines) is 1. The van der Waals surface area contributed by atoms with Crippen molar-refractivity contribution in [1.82, 2.24) is 4.90 Å². The molecule has 0 bridgehead atoms. The normalized spacial score (nSPS) is 22.9. The fourth-order valence-corrected chi connectivity index (χ4v) is 5.64. The highest BCUT2D eigenvalue weighted by Crippen LogP contribution is 2.50. The third-order valence-corrected chi connectivity index (χ3v) is 7.88. The Morgan fingerprint density at radius 1 is 1.19 bits per heavy atom. The van der Waals surface area contributed by atoms with Crippen molar-refractivity contribution in [2.24, 2.45) is 5.16 Å². The molecule has 0 radical (unpaired) electrons. The number of benzene rings is 2. The molecule has 1 saturated heterocycles. The van der Waals surface area contributed by atoms with E-state index in [0.29, 0.717) is 5.56 Å². The van der Waals surface area contributed by atoms with Crippen molar-refractivity contribution >= 4 is 45.9 Å². The lowest BCUT2D eigenvalue weighted by molar-refractivity contribution is -0.275. The van der Waals surface area contributed by atoms with Crippen LogP contribution < -0.4 is 0 Å². The van der Waals surface area contributed by atoms with Crippen molar-refractivity contribution in [3.05, 3.63) is 68.4 Å². The van der Waals surface area contributed by atoms with Crippen molar-refractivity contribution < 1.29 is 40.7 Å². The molecule has 37 heavy (non-hydrogen) atoms. The fourth-order valence-electron chi connectivity index (χ4n) is 4.82. The second-order valence-electron chi connectivity index (χ2n) is 9.05. The van der Waals surface area contributed by atoms with Gasteiger partial charge >= 0.3 is 6.18 Å². The molecule has 2 atom stereocenters. The van der Waals surface area contributed by atoms with E-state index in [1.54, 1.807) is 18.2 Å². The molecule has 0 N–H and O–H groups in total. The van der Waals surface area contributed by atoms with Crippen LogP contribution in [0.3, 0.4) is 0 Å². The summed E-state index contributed by atoms with van der Waals surface area (Å²) in [4.78, 5) is 18.7. The molecule has 0 saturated carbocycles. The van der Waals surface area contributed by atoms with E-state index in [0.717, 1.165) is 23.3 Å². The summed E-state index contributed by atoms with van der Waals surface area (Å²) in [5, 5.41) is 2.58. The Bertz CT molecular complexity index is 1330. The number of oxime groups is 1. The second-order valence-corrected chi connectivity index (χ2v) is 10.9. The van der Waals surface area contributed by atoms with Gasteiger partial charge in [-0.2, -0.15) is 13.2 Å². The van der Waals surface area contributed by atoms with Crippen LogP contribution in [0.1, 0.15) is 35.1 Å². The minimum absolute atomic E-state index is 0.0219. The van der Waals surface area contributed by atoms with Crippen LogP contribution in [-0.4, -0.2) is 50.3 Å². The van der Waals surface area contributed by atoms with E-state index < -0.39 is 56.3 Å². The zero-order valence-corrected chi connectivity index (χ0v) is 21.1. The number of hydrogen-bond donors (Lipinski definition) is 0. The maximum atomic E-state index is 14.3. The van der Waals surface area contributed by atoms with E-state index in [9.17, 15) is 31.1 Å². The number of amides is 1. The van der Waals surface area contributed by atoms with Gasteiger partial charge in [-0.15, -0.1) is 0 Å². The topological polar surface area (TPSA) is 91.3 Å². The monoisotopic (exact) mass is 579 g/mol. The summed E-state index contributed by atoms with van der Waals surface area (Å²) in [6.07, 6.45) is -5.74. The van der Waals surface area contributed by atoms with E-state index in [4.69, 9.17) is 32.8 Å². The highest BCUT2D eigenvalue weighted by atomic mass is 35.5. The Labute approximate surface area is 220 Å². The first-order chi connectivity index (χ1) is 17.3. The van der Waals surface area contributed by atoms with E-state index in [1.807, 2.05) is 0 Å². The molecular formula is C23H17Cl2F4N2O5S-. The molecule has 3 aliphatic rings. The molecule has 2 aromatic rings. The average Bonchev–Trinajstić information content (AvgIpc) is 3.42. The SMILES string of the molecule is O=C(CCS(=O)[O-])N1CC2(C1)OCc1cc(C3=NO[C@](c4cc(Cl)c(F)c(Cl)c4)(C(F)(F)F)C3)ccc12. The molecule has 2 aromatic carbocycles. The fraction of sp³-hybridized carbons (Fsp3) is 0.391. The van der Waals surface area contributed by atoms with Crippen LogP contribution in [0.2, 0.25) is 10.0 Å². The molecule has 1 amide bonds. The Hall–Kier alpha value is -2.25. The van der Waals surface area contributed by atoms with Gasteiger partial charge < -0.3 is 19.0 Å². The number of halogens is 6. The molecule has 0 aromatic heterocycles. The van der Waals surface area contributed by atoms with Gasteiger partial charge in [-0.05, 0) is 34.9 Å². The van der Waals surface area contributed by atoms with Crippen molar-refractivity contribution in [3.63, 3.8) is 0 Å². The van der Waals surface area contributed by atoms with Gasteiger partial charge in [-0.25, -0.2) is 4.39 Å². The molecule has 14 heteroatoms. The predicted molar refractivity (Wildman–Crippen MR) is 124 cm³/mol. The van der Waals surface area contributed by atoms with Crippen molar-refractivity contribution in [1.29, 1.82) is 0 Å². The molecule has 5 rings (SSSR count). The van der Waals surface area contributed by atoms with Gasteiger partial charge in [-0.3, -0.25) is 9.00 Å². The van der Waals surface area contributed by atoms with Crippen LogP contribution in [0, 0.1) is 5.82 Å². The summed E-state index contributed by atoms with van der Waals surface area (Å²) in [5.41, 5.74) is -2.19. The molecule has 1 fully saturated rings. The van der Waals surface area contributed by atoms with E-state index in [-0.39, 0.29) is 43.5 Å².